The molecule has 1 nitrogen and oxygen atoms in total. The number of hydrogen-bond acceptors (Lipinski definition) is 1. The van der Waals surface area contributed by atoms with Crippen LogP contribution in [0.15, 0.2) is 18.2 Å². The van der Waals surface area contributed by atoms with E-state index in [0.29, 0.717) is 18.8 Å². The maximum atomic E-state index is 13.6. The summed E-state index contributed by atoms with van der Waals surface area (Å²) in [5, 5.41) is 10.6. The highest BCUT2D eigenvalue weighted by molar-refractivity contribution is 5.21. The summed E-state index contributed by atoms with van der Waals surface area (Å²) < 4.78 is 26.7. The van der Waals surface area contributed by atoms with Gasteiger partial charge in [-0.05, 0) is 42.5 Å². The van der Waals surface area contributed by atoms with Gasteiger partial charge in [-0.15, -0.1) is 0 Å². The lowest BCUT2D eigenvalue weighted by Gasteiger charge is -2.36. The van der Waals surface area contributed by atoms with E-state index in [1.54, 1.807) is 0 Å². The molecule has 0 spiro atoms. The van der Waals surface area contributed by atoms with Crippen molar-refractivity contribution in [2.45, 2.75) is 51.0 Å². The van der Waals surface area contributed by atoms with Crippen LogP contribution in [0.25, 0.3) is 0 Å². The molecule has 1 aliphatic carbocycles. The fourth-order valence-corrected chi connectivity index (χ4v) is 3.00. The third-order valence-corrected chi connectivity index (χ3v) is 4.03. The normalized spacial score (nSPS) is 28.3. The summed E-state index contributed by atoms with van der Waals surface area (Å²) in [7, 11) is 0. The molecule has 0 heterocycles. The molecule has 0 radical (unpaired) electrons. The first-order valence-electron chi connectivity index (χ1n) is 6.69. The summed E-state index contributed by atoms with van der Waals surface area (Å²) in [4.78, 5) is 0. The van der Waals surface area contributed by atoms with Crippen LogP contribution in [-0.2, 0) is 6.42 Å². The Kier molecular flexibility index (Phi) is 4.00. The zero-order chi connectivity index (χ0) is 13.2. The van der Waals surface area contributed by atoms with Crippen LogP contribution in [-0.4, -0.2) is 10.7 Å². The van der Waals surface area contributed by atoms with Crippen LogP contribution in [0.1, 0.15) is 44.6 Å². The number of halogens is 2. The molecule has 1 aromatic carbocycles. The van der Waals surface area contributed by atoms with Gasteiger partial charge in [0.25, 0.3) is 0 Å². The first kappa shape index (κ1) is 13.5. The van der Waals surface area contributed by atoms with Crippen molar-refractivity contribution in [1.82, 2.24) is 0 Å². The van der Waals surface area contributed by atoms with Gasteiger partial charge in [0, 0.05) is 6.42 Å². The number of rotatable bonds is 3. The minimum absolute atomic E-state index is 0.215. The topological polar surface area (TPSA) is 20.2 Å². The van der Waals surface area contributed by atoms with Gasteiger partial charge in [-0.2, -0.15) is 0 Å². The Hall–Kier alpha value is -0.960. The van der Waals surface area contributed by atoms with Crippen LogP contribution >= 0.6 is 0 Å². The van der Waals surface area contributed by atoms with Crippen molar-refractivity contribution in [3.8, 4) is 0 Å². The molecule has 100 valence electrons. The Morgan fingerprint density at radius 2 is 2.17 bits per heavy atom. The standard InChI is InChI=1S/C15H20F2O/c1-2-11-4-3-7-15(18,9-11)10-12-8-13(16)5-6-14(12)17/h5-6,8,11,18H,2-4,7,9-10H2,1H3. The molecule has 0 amide bonds. The molecule has 1 aromatic rings. The third-order valence-electron chi connectivity index (χ3n) is 4.03. The van der Waals surface area contributed by atoms with Gasteiger partial charge >= 0.3 is 0 Å². The second kappa shape index (κ2) is 5.35. The first-order valence-corrected chi connectivity index (χ1v) is 6.69. The summed E-state index contributed by atoms with van der Waals surface area (Å²) >= 11 is 0. The van der Waals surface area contributed by atoms with Gasteiger partial charge in [0.1, 0.15) is 11.6 Å². The van der Waals surface area contributed by atoms with E-state index >= 15 is 0 Å². The van der Waals surface area contributed by atoms with Crippen molar-refractivity contribution in [1.29, 1.82) is 0 Å². The zero-order valence-corrected chi connectivity index (χ0v) is 10.8. The highest BCUT2D eigenvalue weighted by Gasteiger charge is 2.34. The van der Waals surface area contributed by atoms with Crippen molar-refractivity contribution >= 4 is 0 Å². The summed E-state index contributed by atoms with van der Waals surface area (Å²) in [5.74, 6) is -0.373. The SMILES string of the molecule is CCC1CCCC(O)(Cc2cc(F)ccc2F)C1. The lowest BCUT2D eigenvalue weighted by molar-refractivity contribution is -0.0168. The van der Waals surface area contributed by atoms with Gasteiger partial charge in [-0.3, -0.25) is 0 Å². The van der Waals surface area contributed by atoms with Gasteiger partial charge in [-0.25, -0.2) is 8.78 Å². The van der Waals surface area contributed by atoms with Crippen LogP contribution < -0.4 is 0 Å². The van der Waals surface area contributed by atoms with E-state index in [9.17, 15) is 13.9 Å². The molecule has 0 bridgehead atoms. The van der Waals surface area contributed by atoms with E-state index in [2.05, 4.69) is 6.92 Å². The molecule has 0 saturated heterocycles. The predicted molar refractivity (Wildman–Crippen MR) is 67.3 cm³/mol. The summed E-state index contributed by atoms with van der Waals surface area (Å²) in [6, 6.07) is 3.44. The lowest BCUT2D eigenvalue weighted by Crippen LogP contribution is -2.37. The van der Waals surface area contributed by atoms with Crippen LogP contribution in [0.4, 0.5) is 8.78 Å². The van der Waals surface area contributed by atoms with Gasteiger partial charge in [0.05, 0.1) is 5.60 Å². The molecule has 1 aliphatic rings. The monoisotopic (exact) mass is 254 g/mol. The van der Waals surface area contributed by atoms with Crippen molar-refractivity contribution < 1.29 is 13.9 Å². The van der Waals surface area contributed by atoms with Gasteiger partial charge in [0.2, 0.25) is 0 Å². The predicted octanol–water partition coefficient (Wildman–Crippen LogP) is 3.84. The molecular formula is C15H20F2O. The summed E-state index contributed by atoms with van der Waals surface area (Å²) in [5.41, 5.74) is -0.581. The molecule has 2 unspecified atom stereocenters. The van der Waals surface area contributed by atoms with Gasteiger partial charge in [0.15, 0.2) is 0 Å². The molecule has 0 aromatic heterocycles. The van der Waals surface area contributed by atoms with Crippen LogP contribution in [0.2, 0.25) is 0 Å². The first-order chi connectivity index (χ1) is 8.52. The van der Waals surface area contributed by atoms with Crippen LogP contribution in [0.3, 0.4) is 0 Å². The Labute approximate surface area is 107 Å². The summed E-state index contributed by atoms with van der Waals surface area (Å²) in [6.45, 7) is 2.11. The summed E-state index contributed by atoms with van der Waals surface area (Å²) in [6.07, 6.45) is 4.72. The van der Waals surface area contributed by atoms with E-state index < -0.39 is 17.2 Å². The minimum Gasteiger partial charge on any atom is -0.390 e. The lowest BCUT2D eigenvalue weighted by atomic mass is 9.74. The fraction of sp³-hybridized carbons (Fsp3) is 0.600. The molecule has 18 heavy (non-hydrogen) atoms. The van der Waals surface area contributed by atoms with Crippen LogP contribution in [0, 0.1) is 17.6 Å². The average Bonchev–Trinajstić information content (AvgIpc) is 2.33. The largest absolute Gasteiger partial charge is 0.390 e. The van der Waals surface area contributed by atoms with E-state index in [1.807, 2.05) is 0 Å². The van der Waals surface area contributed by atoms with E-state index in [4.69, 9.17) is 0 Å². The molecule has 1 N–H and O–H groups in total. The second-order valence-corrected chi connectivity index (χ2v) is 5.51. The molecular weight excluding hydrogens is 234 g/mol. The van der Waals surface area contributed by atoms with E-state index in [-0.39, 0.29) is 12.0 Å². The Balaban J connectivity index is 2.14. The maximum absolute atomic E-state index is 13.6. The van der Waals surface area contributed by atoms with Crippen molar-refractivity contribution in [2.24, 2.45) is 5.92 Å². The maximum Gasteiger partial charge on any atom is 0.126 e. The number of aliphatic hydroxyl groups is 1. The van der Waals surface area contributed by atoms with Crippen molar-refractivity contribution in [2.75, 3.05) is 0 Å². The molecule has 2 atom stereocenters. The smallest absolute Gasteiger partial charge is 0.126 e. The highest BCUT2D eigenvalue weighted by Crippen LogP contribution is 2.36. The Morgan fingerprint density at radius 3 is 2.89 bits per heavy atom. The van der Waals surface area contributed by atoms with E-state index in [0.717, 1.165) is 31.4 Å². The number of benzene rings is 1. The Bertz CT molecular complexity index is 419. The van der Waals surface area contributed by atoms with Crippen molar-refractivity contribution in [3.05, 3.63) is 35.4 Å². The fourth-order valence-electron chi connectivity index (χ4n) is 3.00. The second-order valence-electron chi connectivity index (χ2n) is 5.51. The minimum atomic E-state index is -0.867. The third kappa shape index (κ3) is 3.08. The number of hydrogen-bond donors (Lipinski definition) is 1. The zero-order valence-electron chi connectivity index (χ0n) is 10.8. The molecule has 1 fully saturated rings. The highest BCUT2D eigenvalue weighted by atomic mass is 19.1. The average molecular weight is 254 g/mol. The Morgan fingerprint density at radius 1 is 1.39 bits per heavy atom. The van der Waals surface area contributed by atoms with Gasteiger partial charge < -0.3 is 5.11 Å². The quantitative estimate of drug-likeness (QED) is 0.869. The van der Waals surface area contributed by atoms with E-state index in [1.165, 1.54) is 6.07 Å². The molecule has 0 aliphatic heterocycles. The van der Waals surface area contributed by atoms with Gasteiger partial charge in [-0.1, -0.05) is 26.2 Å². The van der Waals surface area contributed by atoms with Crippen molar-refractivity contribution in [3.63, 3.8) is 0 Å². The van der Waals surface area contributed by atoms with Crippen LogP contribution in [0.5, 0.6) is 0 Å². The molecule has 2 rings (SSSR count). The molecule has 1 saturated carbocycles. The molecule has 3 heteroatoms.